The zero-order chi connectivity index (χ0) is 8.39. The van der Waals surface area contributed by atoms with E-state index in [0.717, 1.165) is 0 Å². The van der Waals surface area contributed by atoms with Gasteiger partial charge >= 0.3 is 0 Å². The Morgan fingerprint density at radius 3 is 3.00 bits per heavy atom. The highest BCUT2D eigenvalue weighted by molar-refractivity contribution is 7.08. The van der Waals surface area contributed by atoms with E-state index in [1.807, 2.05) is 0 Å². The fourth-order valence-corrected chi connectivity index (χ4v) is 1.43. The molecule has 0 radical (unpaired) electrons. The van der Waals surface area contributed by atoms with Crippen LogP contribution in [0, 0.1) is 0 Å². The van der Waals surface area contributed by atoms with Gasteiger partial charge in [-0.05, 0) is 23.7 Å². The third-order valence-electron chi connectivity index (χ3n) is 1.44. The van der Waals surface area contributed by atoms with E-state index in [0.29, 0.717) is 10.4 Å². The van der Waals surface area contributed by atoms with Gasteiger partial charge in [0.05, 0.1) is 16.7 Å². The second-order valence-corrected chi connectivity index (χ2v) is 3.05. The molecule has 2 heterocycles. The standard InChI is InChI=1S/C8H5NO2S/c10-8(6-2-4-11-5-6)7-1-3-9-12-7/h1-5H. The SMILES string of the molecule is O=C(c1ccoc1)c1ccns1. The van der Waals surface area contributed by atoms with E-state index in [1.165, 1.54) is 24.1 Å². The summed E-state index contributed by atoms with van der Waals surface area (Å²) < 4.78 is 8.64. The molecule has 0 atom stereocenters. The third kappa shape index (κ3) is 1.16. The molecule has 0 saturated heterocycles. The Balaban J connectivity index is 2.34. The average molecular weight is 179 g/mol. The fraction of sp³-hybridized carbons (Fsp3) is 0. The Morgan fingerprint density at radius 2 is 2.42 bits per heavy atom. The molecule has 0 saturated carbocycles. The van der Waals surface area contributed by atoms with Crippen LogP contribution in [-0.4, -0.2) is 10.2 Å². The minimum Gasteiger partial charge on any atom is -0.472 e. The van der Waals surface area contributed by atoms with E-state index in [2.05, 4.69) is 4.37 Å². The van der Waals surface area contributed by atoms with E-state index in [-0.39, 0.29) is 5.78 Å². The van der Waals surface area contributed by atoms with E-state index in [1.54, 1.807) is 18.3 Å². The molecule has 12 heavy (non-hydrogen) atoms. The molecule has 0 bridgehead atoms. The minimum atomic E-state index is -0.0359. The van der Waals surface area contributed by atoms with E-state index < -0.39 is 0 Å². The van der Waals surface area contributed by atoms with Crippen LogP contribution in [0.3, 0.4) is 0 Å². The van der Waals surface area contributed by atoms with Crippen LogP contribution in [0.15, 0.2) is 35.3 Å². The Hall–Kier alpha value is -1.42. The van der Waals surface area contributed by atoms with Crippen LogP contribution in [-0.2, 0) is 0 Å². The molecule has 3 nitrogen and oxygen atoms in total. The van der Waals surface area contributed by atoms with E-state index >= 15 is 0 Å². The van der Waals surface area contributed by atoms with Crippen molar-refractivity contribution in [2.45, 2.75) is 0 Å². The van der Waals surface area contributed by atoms with Crippen LogP contribution in [0.4, 0.5) is 0 Å². The van der Waals surface area contributed by atoms with Crippen LogP contribution in [0.1, 0.15) is 15.2 Å². The van der Waals surface area contributed by atoms with Crippen LogP contribution in [0.2, 0.25) is 0 Å². The summed E-state index contributed by atoms with van der Waals surface area (Å²) in [5.41, 5.74) is 0.569. The van der Waals surface area contributed by atoms with Crippen LogP contribution in [0.5, 0.6) is 0 Å². The smallest absolute Gasteiger partial charge is 0.207 e. The summed E-state index contributed by atoms with van der Waals surface area (Å²) in [6.45, 7) is 0. The maximum absolute atomic E-state index is 11.5. The first-order chi connectivity index (χ1) is 5.88. The summed E-state index contributed by atoms with van der Waals surface area (Å²) in [6.07, 6.45) is 4.52. The number of aromatic nitrogens is 1. The number of carbonyl (C=O) groups excluding carboxylic acids is 1. The number of carbonyl (C=O) groups is 1. The second kappa shape index (κ2) is 2.91. The Morgan fingerprint density at radius 1 is 1.50 bits per heavy atom. The van der Waals surface area contributed by atoms with Crippen molar-refractivity contribution in [1.29, 1.82) is 0 Å². The molecule has 2 aromatic rings. The zero-order valence-electron chi connectivity index (χ0n) is 6.06. The molecule has 2 aromatic heterocycles. The van der Waals surface area contributed by atoms with Gasteiger partial charge in [0.1, 0.15) is 6.26 Å². The lowest BCUT2D eigenvalue weighted by molar-refractivity contribution is 0.104. The number of nitrogens with zero attached hydrogens (tertiary/aromatic N) is 1. The minimum absolute atomic E-state index is 0.0359. The molecule has 60 valence electrons. The van der Waals surface area contributed by atoms with Gasteiger partial charge in [0, 0.05) is 6.20 Å². The predicted octanol–water partition coefficient (Wildman–Crippen LogP) is 1.97. The van der Waals surface area contributed by atoms with Gasteiger partial charge < -0.3 is 4.42 Å². The van der Waals surface area contributed by atoms with Crippen LogP contribution in [0.25, 0.3) is 0 Å². The van der Waals surface area contributed by atoms with Gasteiger partial charge in [-0.2, -0.15) is 0 Å². The lowest BCUT2D eigenvalue weighted by Crippen LogP contribution is -1.95. The van der Waals surface area contributed by atoms with Gasteiger partial charge in [0.25, 0.3) is 0 Å². The van der Waals surface area contributed by atoms with Crippen molar-refractivity contribution in [2.75, 3.05) is 0 Å². The first-order valence-corrected chi connectivity index (χ1v) is 4.13. The van der Waals surface area contributed by atoms with Crippen molar-refractivity contribution in [3.05, 3.63) is 41.3 Å². The topological polar surface area (TPSA) is 43.1 Å². The maximum Gasteiger partial charge on any atom is 0.207 e. The quantitative estimate of drug-likeness (QED) is 0.662. The molecule has 0 aliphatic carbocycles. The molecular weight excluding hydrogens is 174 g/mol. The average Bonchev–Trinajstić information content (AvgIpc) is 2.77. The summed E-state index contributed by atoms with van der Waals surface area (Å²) in [4.78, 5) is 12.1. The highest BCUT2D eigenvalue weighted by atomic mass is 32.1. The Bertz CT molecular complexity index is 327. The van der Waals surface area contributed by atoms with Crippen molar-refractivity contribution < 1.29 is 9.21 Å². The lowest BCUT2D eigenvalue weighted by Gasteiger charge is -1.88. The van der Waals surface area contributed by atoms with Gasteiger partial charge in [-0.15, -0.1) is 0 Å². The number of hydrogen-bond donors (Lipinski definition) is 0. The van der Waals surface area contributed by atoms with E-state index in [9.17, 15) is 4.79 Å². The van der Waals surface area contributed by atoms with Crippen molar-refractivity contribution in [3.8, 4) is 0 Å². The molecule has 0 amide bonds. The lowest BCUT2D eigenvalue weighted by atomic mass is 10.2. The zero-order valence-corrected chi connectivity index (χ0v) is 6.88. The van der Waals surface area contributed by atoms with Crippen LogP contribution < -0.4 is 0 Å². The molecular formula is C8H5NO2S. The summed E-state index contributed by atoms with van der Waals surface area (Å²) >= 11 is 1.19. The fourth-order valence-electron chi connectivity index (χ4n) is 0.869. The van der Waals surface area contributed by atoms with Gasteiger partial charge in [-0.3, -0.25) is 4.79 Å². The van der Waals surface area contributed by atoms with Gasteiger partial charge in [-0.25, -0.2) is 4.37 Å². The number of rotatable bonds is 2. The molecule has 0 fully saturated rings. The summed E-state index contributed by atoms with van der Waals surface area (Å²) in [5, 5.41) is 0. The highest BCUT2D eigenvalue weighted by Crippen LogP contribution is 2.12. The van der Waals surface area contributed by atoms with Gasteiger partial charge in [0.15, 0.2) is 0 Å². The Labute approximate surface area is 72.8 Å². The molecule has 0 spiro atoms. The summed E-state index contributed by atoms with van der Waals surface area (Å²) in [7, 11) is 0. The molecule has 0 aliphatic rings. The first kappa shape index (κ1) is 7.24. The Kier molecular flexibility index (Phi) is 1.75. The van der Waals surface area contributed by atoms with Crippen molar-refractivity contribution >= 4 is 17.3 Å². The van der Waals surface area contributed by atoms with Gasteiger partial charge in [-0.1, -0.05) is 0 Å². The van der Waals surface area contributed by atoms with Crippen molar-refractivity contribution in [1.82, 2.24) is 4.37 Å². The number of ketones is 1. The normalized spacial score (nSPS) is 10.0. The molecule has 2 rings (SSSR count). The van der Waals surface area contributed by atoms with Crippen molar-refractivity contribution in [3.63, 3.8) is 0 Å². The molecule has 0 unspecified atom stereocenters. The predicted molar refractivity (Wildman–Crippen MR) is 44.3 cm³/mol. The van der Waals surface area contributed by atoms with Crippen molar-refractivity contribution in [2.24, 2.45) is 0 Å². The van der Waals surface area contributed by atoms with Gasteiger partial charge in [0.2, 0.25) is 5.78 Å². The van der Waals surface area contributed by atoms with Crippen LogP contribution >= 0.6 is 11.5 Å². The van der Waals surface area contributed by atoms with E-state index in [4.69, 9.17) is 4.42 Å². The summed E-state index contributed by atoms with van der Waals surface area (Å²) in [5.74, 6) is -0.0359. The monoisotopic (exact) mass is 179 g/mol. The second-order valence-electron chi connectivity index (χ2n) is 2.22. The number of furan rings is 1. The number of hydrogen-bond acceptors (Lipinski definition) is 4. The largest absolute Gasteiger partial charge is 0.472 e. The molecule has 4 heteroatoms. The highest BCUT2D eigenvalue weighted by Gasteiger charge is 2.10. The molecule has 0 aliphatic heterocycles. The summed E-state index contributed by atoms with van der Waals surface area (Å²) in [6, 6.07) is 3.34. The maximum atomic E-state index is 11.5. The molecule has 0 N–H and O–H groups in total. The molecule has 0 aromatic carbocycles. The first-order valence-electron chi connectivity index (χ1n) is 3.35. The third-order valence-corrected chi connectivity index (χ3v) is 2.19.